The van der Waals surface area contributed by atoms with Gasteiger partial charge in [-0.25, -0.2) is 4.98 Å². The van der Waals surface area contributed by atoms with Crippen molar-refractivity contribution >= 4 is 17.2 Å². The van der Waals surface area contributed by atoms with Gasteiger partial charge in [-0.2, -0.15) is 0 Å². The van der Waals surface area contributed by atoms with Gasteiger partial charge in [0.15, 0.2) is 5.82 Å². The number of nitrogens with zero attached hydrogens (tertiary/aromatic N) is 3. The Labute approximate surface area is 110 Å². The summed E-state index contributed by atoms with van der Waals surface area (Å²) in [5.41, 5.74) is 7.55. The molecule has 1 aliphatic heterocycles. The topological polar surface area (TPSA) is 72.9 Å². The molecule has 2 N–H and O–H groups in total. The summed E-state index contributed by atoms with van der Waals surface area (Å²) in [6, 6.07) is 3.75. The monoisotopic (exact) mass is 260 g/mol. The Balaban J connectivity index is 2.22. The summed E-state index contributed by atoms with van der Waals surface area (Å²) in [6.07, 6.45) is 1.69. The van der Waals surface area contributed by atoms with E-state index in [0.29, 0.717) is 37.8 Å². The van der Waals surface area contributed by atoms with E-state index in [9.17, 15) is 4.79 Å². The Bertz CT molecular complexity index is 674. The van der Waals surface area contributed by atoms with E-state index in [0.717, 1.165) is 5.56 Å². The SMILES string of the molecule is Cc1cccn2c(=O)c(N)c(N3CCOCC3)nc12. The highest BCUT2D eigenvalue weighted by Crippen LogP contribution is 2.20. The number of rotatable bonds is 1. The number of nitrogens with two attached hydrogens (primary N) is 1. The van der Waals surface area contributed by atoms with Gasteiger partial charge in [-0.15, -0.1) is 0 Å². The van der Waals surface area contributed by atoms with Crippen molar-refractivity contribution < 1.29 is 4.74 Å². The first kappa shape index (κ1) is 12.0. The van der Waals surface area contributed by atoms with Gasteiger partial charge in [0.25, 0.3) is 5.56 Å². The zero-order chi connectivity index (χ0) is 13.4. The molecule has 1 fully saturated rings. The van der Waals surface area contributed by atoms with E-state index in [2.05, 4.69) is 4.98 Å². The Hall–Kier alpha value is -2.08. The number of aromatic nitrogens is 2. The fourth-order valence-corrected chi connectivity index (χ4v) is 2.32. The van der Waals surface area contributed by atoms with Gasteiger partial charge in [0.05, 0.1) is 13.2 Å². The van der Waals surface area contributed by atoms with Crippen molar-refractivity contribution in [2.45, 2.75) is 6.92 Å². The van der Waals surface area contributed by atoms with Crippen LogP contribution < -0.4 is 16.2 Å². The molecule has 0 unspecified atom stereocenters. The second kappa shape index (κ2) is 4.55. The summed E-state index contributed by atoms with van der Waals surface area (Å²) in [6.45, 7) is 4.61. The van der Waals surface area contributed by atoms with Crippen molar-refractivity contribution in [3.8, 4) is 0 Å². The second-order valence-electron chi connectivity index (χ2n) is 4.64. The molecule has 0 bridgehead atoms. The fraction of sp³-hybridized carbons (Fsp3) is 0.385. The number of hydrogen-bond acceptors (Lipinski definition) is 5. The van der Waals surface area contributed by atoms with Crippen LogP contribution in [0.3, 0.4) is 0 Å². The van der Waals surface area contributed by atoms with Crippen LogP contribution in [0.1, 0.15) is 5.56 Å². The maximum absolute atomic E-state index is 12.3. The van der Waals surface area contributed by atoms with Gasteiger partial charge in [0.2, 0.25) is 0 Å². The van der Waals surface area contributed by atoms with Crippen molar-refractivity contribution in [1.82, 2.24) is 9.38 Å². The van der Waals surface area contributed by atoms with Crippen molar-refractivity contribution in [2.24, 2.45) is 0 Å². The highest BCUT2D eigenvalue weighted by molar-refractivity contribution is 5.66. The molecule has 19 heavy (non-hydrogen) atoms. The average Bonchev–Trinajstić information content (AvgIpc) is 2.44. The molecule has 2 aromatic heterocycles. The lowest BCUT2D eigenvalue weighted by molar-refractivity contribution is 0.122. The fourth-order valence-electron chi connectivity index (χ4n) is 2.32. The molecule has 0 amide bonds. The van der Waals surface area contributed by atoms with Crippen molar-refractivity contribution in [3.63, 3.8) is 0 Å². The average molecular weight is 260 g/mol. The molecule has 3 heterocycles. The molecule has 0 spiro atoms. The lowest BCUT2D eigenvalue weighted by Crippen LogP contribution is -2.38. The maximum atomic E-state index is 12.3. The standard InChI is InChI=1S/C13H16N4O2/c1-9-3-2-4-17-11(9)15-12(10(14)13(17)18)16-5-7-19-8-6-16/h2-4H,5-8,14H2,1H3. The zero-order valence-corrected chi connectivity index (χ0v) is 10.8. The van der Waals surface area contributed by atoms with E-state index in [1.807, 2.05) is 24.0 Å². The predicted octanol–water partition coefficient (Wildman–Crippen LogP) is 0.422. The molecule has 0 atom stereocenters. The zero-order valence-electron chi connectivity index (χ0n) is 10.8. The maximum Gasteiger partial charge on any atom is 0.283 e. The normalized spacial score (nSPS) is 15.9. The third kappa shape index (κ3) is 1.94. The van der Waals surface area contributed by atoms with Crippen LogP contribution in [-0.2, 0) is 4.74 Å². The molecule has 0 saturated carbocycles. The van der Waals surface area contributed by atoms with Gasteiger partial charge < -0.3 is 15.4 Å². The van der Waals surface area contributed by atoms with E-state index in [-0.39, 0.29) is 11.2 Å². The van der Waals surface area contributed by atoms with Gasteiger partial charge in [-0.05, 0) is 18.6 Å². The number of fused-ring (bicyclic) bond motifs is 1. The van der Waals surface area contributed by atoms with Crippen LogP contribution in [0, 0.1) is 6.92 Å². The highest BCUT2D eigenvalue weighted by atomic mass is 16.5. The molecule has 0 aliphatic carbocycles. The number of aryl methyl sites for hydroxylation is 1. The minimum Gasteiger partial charge on any atom is -0.391 e. The van der Waals surface area contributed by atoms with Gasteiger partial charge >= 0.3 is 0 Å². The minimum absolute atomic E-state index is 0.199. The summed E-state index contributed by atoms with van der Waals surface area (Å²) in [5, 5.41) is 0. The van der Waals surface area contributed by atoms with Crippen LogP contribution in [0.2, 0.25) is 0 Å². The molecule has 0 radical (unpaired) electrons. The summed E-state index contributed by atoms with van der Waals surface area (Å²) < 4.78 is 6.80. The van der Waals surface area contributed by atoms with E-state index >= 15 is 0 Å². The Morgan fingerprint density at radius 2 is 2.11 bits per heavy atom. The molecule has 6 nitrogen and oxygen atoms in total. The lowest BCUT2D eigenvalue weighted by Gasteiger charge is -2.28. The first-order valence-corrected chi connectivity index (χ1v) is 6.28. The highest BCUT2D eigenvalue weighted by Gasteiger charge is 2.19. The van der Waals surface area contributed by atoms with E-state index < -0.39 is 0 Å². The predicted molar refractivity (Wildman–Crippen MR) is 73.6 cm³/mol. The first-order valence-electron chi connectivity index (χ1n) is 6.28. The molecule has 0 aromatic carbocycles. The number of nitrogen functional groups attached to an aromatic ring is 1. The molecule has 1 aliphatic rings. The van der Waals surface area contributed by atoms with Crippen LogP contribution in [0.25, 0.3) is 5.65 Å². The summed E-state index contributed by atoms with van der Waals surface area (Å²) in [7, 11) is 0. The molecular weight excluding hydrogens is 244 g/mol. The quantitative estimate of drug-likeness (QED) is 0.804. The number of anilines is 2. The largest absolute Gasteiger partial charge is 0.391 e. The van der Waals surface area contributed by atoms with Crippen LogP contribution >= 0.6 is 0 Å². The summed E-state index contributed by atoms with van der Waals surface area (Å²) >= 11 is 0. The minimum atomic E-state index is -0.213. The molecule has 2 aromatic rings. The van der Waals surface area contributed by atoms with E-state index in [1.54, 1.807) is 6.20 Å². The molecular formula is C13H16N4O2. The number of ether oxygens (including phenoxy) is 1. The van der Waals surface area contributed by atoms with Crippen LogP contribution in [0.15, 0.2) is 23.1 Å². The third-order valence-corrected chi connectivity index (χ3v) is 3.37. The Morgan fingerprint density at radius 3 is 2.84 bits per heavy atom. The van der Waals surface area contributed by atoms with Crippen molar-refractivity contribution in [3.05, 3.63) is 34.2 Å². The van der Waals surface area contributed by atoms with Gasteiger partial charge in [0, 0.05) is 19.3 Å². The summed E-state index contributed by atoms with van der Waals surface area (Å²) in [4.78, 5) is 18.9. The van der Waals surface area contributed by atoms with Gasteiger partial charge in [-0.3, -0.25) is 9.20 Å². The van der Waals surface area contributed by atoms with Crippen molar-refractivity contribution in [1.29, 1.82) is 0 Å². The Morgan fingerprint density at radius 1 is 1.37 bits per heavy atom. The number of pyridine rings is 1. The van der Waals surface area contributed by atoms with Crippen LogP contribution in [0.4, 0.5) is 11.5 Å². The smallest absolute Gasteiger partial charge is 0.283 e. The summed E-state index contributed by atoms with van der Waals surface area (Å²) in [5.74, 6) is 0.572. The molecule has 3 rings (SSSR count). The van der Waals surface area contributed by atoms with Crippen molar-refractivity contribution in [2.75, 3.05) is 36.9 Å². The van der Waals surface area contributed by atoms with Crippen LogP contribution in [0.5, 0.6) is 0 Å². The van der Waals surface area contributed by atoms with Gasteiger partial charge in [0.1, 0.15) is 11.3 Å². The molecule has 6 heteroatoms. The second-order valence-corrected chi connectivity index (χ2v) is 4.64. The van der Waals surface area contributed by atoms with E-state index in [4.69, 9.17) is 10.5 Å². The number of hydrogen-bond donors (Lipinski definition) is 1. The molecule has 1 saturated heterocycles. The first-order chi connectivity index (χ1) is 9.18. The Kier molecular flexibility index (Phi) is 2.87. The number of morpholine rings is 1. The van der Waals surface area contributed by atoms with E-state index in [1.165, 1.54) is 4.40 Å². The third-order valence-electron chi connectivity index (χ3n) is 3.37. The lowest BCUT2D eigenvalue weighted by atomic mass is 10.3. The van der Waals surface area contributed by atoms with Crippen LogP contribution in [-0.4, -0.2) is 35.7 Å². The molecule has 100 valence electrons. The van der Waals surface area contributed by atoms with Gasteiger partial charge in [-0.1, -0.05) is 6.07 Å².